The topological polar surface area (TPSA) is 81.0 Å². The highest BCUT2D eigenvalue weighted by molar-refractivity contribution is 9.10. The molecule has 10 heteroatoms. The summed E-state index contributed by atoms with van der Waals surface area (Å²) in [6.07, 6.45) is -3.36. The second-order valence-electron chi connectivity index (χ2n) is 5.41. The Morgan fingerprint density at radius 2 is 1.96 bits per heavy atom. The number of hydrogen-bond donors (Lipinski definition) is 1. The normalized spacial score (nSPS) is 11.6. The number of nitrogens with zero attached hydrogens (tertiary/aromatic N) is 3. The van der Waals surface area contributed by atoms with Crippen molar-refractivity contribution < 1.29 is 18.1 Å². The molecule has 0 spiro atoms. The molecule has 1 heterocycles. The van der Waals surface area contributed by atoms with Crippen molar-refractivity contribution in [3.8, 4) is 0 Å². The highest BCUT2D eigenvalue weighted by Crippen LogP contribution is 2.37. The number of halogens is 4. The van der Waals surface area contributed by atoms with Gasteiger partial charge in [0.2, 0.25) is 0 Å². The average Bonchev–Trinajstić information content (AvgIpc) is 2.56. The number of fused-ring (bicyclic) bond motifs is 1. The van der Waals surface area contributed by atoms with Crippen molar-refractivity contribution in [2.75, 3.05) is 5.32 Å². The summed E-state index contributed by atoms with van der Waals surface area (Å²) in [5.74, 6) is 0.165. The van der Waals surface area contributed by atoms with Crippen molar-refractivity contribution in [3.05, 3.63) is 62.4 Å². The third kappa shape index (κ3) is 3.32. The van der Waals surface area contributed by atoms with Crippen molar-refractivity contribution in [1.82, 2.24) is 9.97 Å². The lowest BCUT2D eigenvalue weighted by Crippen LogP contribution is -2.05. The number of nitro groups is 1. The zero-order valence-corrected chi connectivity index (χ0v) is 14.7. The Morgan fingerprint density at radius 3 is 2.62 bits per heavy atom. The minimum Gasteiger partial charge on any atom is -0.340 e. The lowest BCUT2D eigenvalue weighted by atomic mass is 10.1. The highest BCUT2D eigenvalue weighted by Gasteiger charge is 2.30. The van der Waals surface area contributed by atoms with Crippen LogP contribution in [0.5, 0.6) is 0 Å². The molecule has 0 atom stereocenters. The summed E-state index contributed by atoms with van der Waals surface area (Å²) in [5, 5.41) is 14.5. The molecule has 0 amide bonds. The van der Waals surface area contributed by atoms with E-state index in [0.717, 1.165) is 18.5 Å². The standard InChI is InChI=1S/C16H10BrF3N4O2/c1-8-12(17)6-11-13(14(8)24(25)26)21-7-22-15(11)23-10-4-2-3-9(5-10)16(18,19)20/h2-7H,1H3,(H,21,22,23). The van der Waals surface area contributed by atoms with E-state index in [0.29, 0.717) is 15.4 Å². The van der Waals surface area contributed by atoms with E-state index in [9.17, 15) is 23.3 Å². The number of hydrogen-bond acceptors (Lipinski definition) is 5. The van der Waals surface area contributed by atoms with Crippen molar-refractivity contribution in [2.45, 2.75) is 13.1 Å². The molecular formula is C16H10BrF3N4O2. The molecule has 0 unspecified atom stereocenters. The Labute approximate surface area is 153 Å². The summed E-state index contributed by atoms with van der Waals surface area (Å²) < 4.78 is 39.1. The Hall–Kier alpha value is -2.75. The summed E-state index contributed by atoms with van der Waals surface area (Å²) in [4.78, 5) is 18.8. The van der Waals surface area contributed by atoms with E-state index in [2.05, 4.69) is 31.2 Å². The van der Waals surface area contributed by atoms with Gasteiger partial charge in [-0.1, -0.05) is 22.0 Å². The summed E-state index contributed by atoms with van der Waals surface area (Å²) in [5.41, 5.74) is -0.363. The van der Waals surface area contributed by atoms with Gasteiger partial charge in [0.1, 0.15) is 12.1 Å². The molecule has 0 aliphatic carbocycles. The molecule has 6 nitrogen and oxygen atoms in total. The minimum atomic E-state index is -4.48. The smallest absolute Gasteiger partial charge is 0.340 e. The molecule has 1 aromatic heterocycles. The predicted molar refractivity (Wildman–Crippen MR) is 93.4 cm³/mol. The fraction of sp³-hybridized carbons (Fsp3) is 0.125. The first-order chi connectivity index (χ1) is 12.2. The molecule has 3 aromatic rings. The number of rotatable bonds is 3. The van der Waals surface area contributed by atoms with Gasteiger partial charge in [-0.2, -0.15) is 13.2 Å². The second kappa shape index (κ2) is 6.52. The minimum absolute atomic E-state index is 0.0974. The van der Waals surface area contributed by atoms with Gasteiger partial charge in [-0.05, 0) is 31.2 Å². The van der Waals surface area contributed by atoms with Gasteiger partial charge in [0.25, 0.3) is 5.69 Å². The van der Waals surface area contributed by atoms with Crippen molar-refractivity contribution in [3.63, 3.8) is 0 Å². The van der Waals surface area contributed by atoms with Crippen molar-refractivity contribution in [1.29, 1.82) is 0 Å². The SMILES string of the molecule is Cc1c(Br)cc2c(Nc3cccc(C(F)(F)F)c3)ncnc2c1[N+](=O)[O-]. The van der Waals surface area contributed by atoms with E-state index in [1.807, 2.05) is 0 Å². The third-order valence-electron chi connectivity index (χ3n) is 3.73. The maximum absolute atomic E-state index is 12.9. The van der Waals surface area contributed by atoms with Crippen LogP contribution < -0.4 is 5.32 Å². The van der Waals surface area contributed by atoms with Crippen LogP contribution >= 0.6 is 15.9 Å². The van der Waals surface area contributed by atoms with Crippen LogP contribution in [0.25, 0.3) is 10.9 Å². The van der Waals surface area contributed by atoms with E-state index in [-0.39, 0.29) is 22.7 Å². The average molecular weight is 427 g/mol. The van der Waals surface area contributed by atoms with Gasteiger partial charge in [-0.25, -0.2) is 9.97 Å². The third-order valence-corrected chi connectivity index (χ3v) is 4.55. The molecule has 1 N–H and O–H groups in total. The summed E-state index contributed by atoms with van der Waals surface area (Å²) >= 11 is 3.26. The van der Waals surface area contributed by atoms with E-state index >= 15 is 0 Å². The zero-order valence-electron chi connectivity index (χ0n) is 13.1. The Bertz CT molecular complexity index is 1020. The van der Waals surface area contributed by atoms with Crippen molar-refractivity contribution in [2.24, 2.45) is 0 Å². The Balaban J connectivity index is 2.14. The van der Waals surface area contributed by atoms with Crippen LogP contribution in [0.1, 0.15) is 11.1 Å². The molecule has 134 valence electrons. The molecule has 3 rings (SSSR count). The van der Waals surface area contributed by atoms with Gasteiger partial charge in [-0.3, -0.25) is 10.1 Å². The number of aromatic nitrogens is 2. The van der Waals surface area contributed by atoms with Gasteiger partial charge in [0.15, 0.2) is 5.52 Å². The van der Waals surface area contributed by atoms with Crippen molar-refractivity contribution >= 4 is 44.0 Å². The van der Waals surface area contributed by atoms with E-state index in [1.165, 1.54) is 12.1 Å². The first-order valence-electron chi connectivity index (χ1n) is 7.21. The molecule has 26 heavy (non-hydrogen) atoms. The first-order valence-corrected chi connectivity index (χ1v) is 8.00. The molecule has 0 saturated carbocycles. The maximum Gasteiger partial charge on any atom is 0.416 e. The number of nitrogens with one attached hydrogen (secondary N) is 1. The van der Waals surface area contributed by atoms with Crippen LogP contribution in [0.2, 0.25) is 0 Å². The monoisotopic (exact) mass is 426 g/mol. The molecule has 0 fully saturated rings. The summed E-state index contributed by atoms with van der Waals surface area (Å²) in [7, 11) is 0. The van der Waals surface area contributed by atoms with Gasteiger partial charge < -0.3 is 5.32 Å². The van der Waals surface area contributed by atoms with Crippen LogP contribution in [0.15, 0.2) is 41.1 Å². The lowest BCUT2D eigenvalue weighted by molar-refractivity contribution is -0.383. The lowest BCUT2D eigenvalue weighted by Gasteiger charge is -2.12. The van der Waals surface area contributed by atoms with Crippen LogP contribution in [0.3, 0.4) is 0 Å². The van der Waals surface area contributed by atoms with E-state index in [4.69, 9.17) is 0 Å². The molecule has 0 radical (unpaired) electrons. The predicted octanol–water partition coefficient (Wildman–Crippen LogP) is 5.37. The van der Waals surface area contributed by atoms with Gasteiger partial charge in [0.05, 0.1) is 15.9 Å². The molecule has 0 bridgehead atoms. The highest BCUT2D eigenvalue weighted by atomic mass is 79.9. The van der Waals surface area contributed by atoms with E-state index in [1.54, 1.807) is 13.0 Å². The number of anilines is 2. The Kier molecular flexibility index (Phi) is 4.53. The molecule has 0 saturated heterocycles. The quantitative estimate of drug-likeness (QED) is 0.449. The zero-order chi connectivity index (χ0) is 19.1. The first kappa shape index (κ1) is 18.1. The fourth-order valence-electron chi connectivity index (χ4n) is 2.48. The molecule has 0 aliphatic rings. The maximum atomic E-state index is 12.9. The molecule has 0 aliphatic heterocycles. The Morgan fingerprint density at radius 1 is 1.23 bits per heavy atom. The van der Waals surface area contributed by atoms with E-state index < -0.39 is 16.7 Å². The van der Waals surface area contributed by atoms with Gasteiger partial charge in [0, 0.05) is 15.7 Å². The van der Waals surface area contributed by atoms with Crippen LogP contribution in [0, 0.1) is 17.0 Å². The summed E-state index contributed by atoms with van der Waals surface area (Å²) in [6, 6.07) is 6.19. The van der Waals surface area contributed by atoms with Gasteiger partial charge >= 0.3 is 6.18 Å². The fourth-order valence-corrected chi connectivity index (χ4v) is 2.90. The number of nitro benzene ring substituents is 1. The molecular weight excluding hydrogens is 417 g/mol. The van der Waals surface area contributed by atoms with Crippen LogP contribution in [0.4, 0.5) is 30.4 Å². The van der Waals surface area contributed by atoms with Crippen LogP contribution in [-0.2, 0) is 6.18 Å². The number of benzene rings is 2. The number of alkyl halides is 3. The van der Waals surface area contributed by atoms with Gasteiger partial charge in [-0.15, -0.1) is 0 Å². The largest absolute Gasteiger partial charge is 0.416 e. The van der Waals surface area contributed by atoms with Crippen LogP contribution in [-0.4, -0.2) is 14.9 Å². The summed E-state index contributed by atoms with van der Waals surface area (Å²) in [6.45, 7) is 1.57. The molecule has 2 aromatic carbocycles. The second-order valence-corrected chi connectivity index (χ2v) is 6.27.